The van der Waals surface area contributed by atoms with Crippen LogP contribution in [0.25, 0.3) is 0 Å². The van der Waals surface area contributed by atoms with Gasteiger partial charge in [-0.15, -0.1) is 11.3 Å². The van der Waals surface area contributed by atoms with Crippen LogP contribution in [0.2, 0.25) is 0 Å². The highest BCUT2D eigenvalue weighted by atomic mass is 32.1. The third-order valence-corrected chi connectivity index (χ3v) is 4.28. The van der Waals surface area contributed by atoms with Gasteiger partial charge in [0.25, 0.3) is 0 Å². The van der Waals surface area contributed by atoms with E-state index in [1.165, 1.54) is 4.88 Å². The molecule has 104 valence electrons. The summed E-state index contributed by atoms with van der Waals surface area (Å²) in [4.78, 5) is 19.1. The SMILES string of the molecule is Cc1ncc(CNc2cccc(N3CCCC3=O)c2)s1. The van der Waals surface area contributed by atoms with E-state index in [0.29, 0.717) is 6.42 Å². The molecule has 1 N–H and O–H groups in total. The van der Waals surface area contributed by atoms with Gasteiger partial charge in [0.15, 0.2) is 0 Å². The predicted octanol–water partition coefficient (Wildman–Crippen LogP) is 3.19. The van der Waals surface area contributed by atoms with Crippen LogP contribution in [0.4, 0.5) is 11.4 Å². The van der Waals surface area contributed by atoms with E-state index in [1.807, 2.05) is 42.3 Å². The van der Waals surface area contributed by atoms with Gasteiger partial charge in [-0.1, -0.05) is 6.07 Å². The highest BCUT2D eigenvalue weighted by Gasteiger charge is 2.21. The summed E-state index contributed by atoms with van der Waals surface area (Å²) in [5.41, 5.74) is 2.02. The molecule has 0 radical (unpaired) electrons. The van der Waals surface area contributed by atoms with Crippen LogP contribution in [0.3, 0.4) is 0 Å². The van der Waals surface area contributed by atoms with Gasteiger partial charge in [-0.25, -0.2) is 4.98 Å². The van der Waals surface area contributed by atoms with E-state index in [4.69, 9.17) is 0 Å². The Morgan fingerprint density at radius 2 is 2.35 bits per heavy atom. The Morgan fingerprint density at radius 1 is 1.45 bits per heavy atom. The Labute approximate surface area is 122 Å². The molecular formula is C15H17N3OS. The topological polar surface area (TPSA) is 45.2 Å². The quantitative estimate of drug-likeness (QED) is 0.939. The standard InChI is InChI=1S/C15H17N3OS/c1-11-16-9-14(20-11)10-17-12-4-2-5-13(8-12)18-7-3-6-15(18)19/h2,4-5,8-9,17H,3,6-7,10H2,1H3. The first-order valence-corrected chi connectivity index (χ1v) is 7.59. The average molecular weight is 287 g/mol. The Bertz CT molecular complexity index is 623. The van der Waals surface area contributed by atoms with Gasteiger partial charge >= 0.3 is 0 Å². The molecule has 1 aliphatic rings. The van der Waals surface area contributed by atoms with Gasteiger partial charge < -0.3 is 10.2 Å². The Kier molecular flexibility index (Phi) is 3.69. The number of carbonyl (C=O) groups excluding carboxylic acids is 1. The summed E-state index contributed by atoms with van der Waals surface area (Å²) in [6, 6.07) is 8.04. The van der Waals surface area contributed by atoms with Crippen LogP contribution in [0.5, 0.6) is 0 Å². The first-order valence-electron chi connectivity index (χ1n) is 6.78. The van der Waals surface area contributed by atoms with E-state index in [1.54, 1.807) is 11.3 Å². The highest BCUT2D eigenvalue weighted by Crippen LogP contribution is 2.24. The molecule has 0 bridgehead atoms. The number of nitrogens with zero attached hydrogens (tertiary/aromatic N) is 2. The Hall–Kier alpha value is -1.88. The summed E-state index contributed by atoms with van der Waals surface area (Å²) in [6.45, 7) is 3.60. The molecule has 20 heavy (non-hydrogen) atoms. The van der Waals surface area contributed by atoms with Crippen molar-refractivity contribution in [1.82, 2.24) is 4.98 Å². The molecule has 1 aromatic heterocycles. The van der Waals surface area contributed by atoms with Crippen molar-refractivity contribution in [2.45, 2.75) is 26.3 Å². The van der Waals surface area contributed by atoms with Gasteiger partial charge in [0.1, 0.15) is 0 Å². The van der Waals surface area contributed by atoms with Gasteiger partial charge in [-0.3, -0.25) is 4.79 Å². The number of rotatable bonds is 4. The fourth-order valence-electron chi connectivity index (χ4n) is 2.38. The summed E-state index contributed by atoms with van der Waals surface area (Å²) in [6.07, 6.45) is 3.52. The predicted molar refractivity (Wildman–Crippen MR) is 82.2 cm³/mol. The van der Waals surface area contributed by atoms with Crippen LogP contribution in [0, 0.1) is 6.92 Å². The third-order valence-electron chi connectivity index (χ3n) is 3.37. The van der Waals surface area contributed by atoms with Gasteiger partial charge in [-0.05, 0) is 31.5 Å². The molecule has 1 saturated heterocycles. The smallest absolute Gasteiger partial charge is 0.227 e. The monoisotopic (exact) mass is 287 g/mol. The van der Waals surface area contributed by atoms with E-state index in [2.05, 4.69) is 10.3 Å². The molecule has 0 spiro atoms. The van der Waals surface area contributed by atoms with Crippen LogP contribution < -0.4 is 10.2 Å². The van der Waals surface area contributed by atoms with E-state index < -0.39 is 0 Å². The second kappa shape index (κ2) is 5.63. The molecule has 2 aromatic rings. The number of thiazole rings is 1. The lowest BCUT2D eigenvalue weighted by Gasteiger charge is -2.16. The number of hydrogen-bond donors (Lipinski definition) is 1. The van der Waals surface area contributed by atoms with Gasteiger partial charge in [0.05, 0.1) is 11.6 Å². The summed E-state index contributed by atoms with van der Waals surface area (Å²) in [7, 11) is 0. The summed E-state index contributed by atoms with van der Waals surface area (Å²) >= 11 is 1.70. The van der Waals surface area contributed by atoms with E-state index >= 15 is 0 Å². The van der Waals surface area contributed by atoms with Crippen LogP contribution >= 0.6 is 11.3 Å². The normalized spacial score (nSPS) is 14.8. The van der Waals surface area contributed by atoms with Crippen molar-refractivity contribution in [1.29, 1.82) is 0 Å². The minimum absolute atomic E-state index is 0.222. The number of aryl methyl sites for hydroxylation is 1. The number of anilines is 2. The average Bonchev–Trinajstić information content (AvgIpc) is 3.05. The molecule has 0 unspecified atom stereocenters. The fourth-order valence-corrected chi connectivity index (χ4v) is 3.12. The number of amides is 1. The number of hydrogen-bond acceptors (Lipinski definition) is 4. The summed E-state index contributed by atoms with van der Waals surface area (Å²) in [5, 5.41) is 4.47. The minimum atomic E-state index is 0.222. The first-order chi connectivity index (χ1) is 9.72. The second-order valence-corrected chi connectivity index (χ2v) is 6.22. The maximum absolute atomic E-state index is 11.8. The van der Waals surface area contributed by atoms with Crippen molar-refractivity contribution < 1.29 is 4.79 Å². The van der Waals surface area contributed by atoms with Crippen molar-refractivity contribution in [2.75, 3.05) is 16.8 Å². The molecule has 0 saturated carbocycles. The lowest BCUT2D eigenvalue weighted by molar-refractivity contribution is -0.117. The molecule has 0 atom stereocenters. The summed E-state index contributed by atoms with van der Waals surface area (Å²) < 4.78 is 0. The second-order valence-electron chi connectivity index (χ2n) is 4.90. The van der Waals surface area contributed by atoms with Crippen LogP contribution in [-0.4, -0.2) is 17.4 Å². The zero-order valence-corrected chi connectivity index (χ0v) is 12.2. The molecule has 0 aliphatic carbocycles. The van der Waals surface area contributed by atoms with Gasteiger partial charge in [-0.2, -0.15) is 0 Å². The van der Waals surface area contributed by atoms with Crippen molar-refractivity contribution in [3.05, 3.63) is 40.3 Å². The zero-order chi connectivity index (χ0) is 13.9. The van der Waals surface area contributed by atoms with Crippen LogP contribution in [0.15, 0.2) is 30.5 Å². The number of benzene rings is 1. The van der Waals surface area contributed by atoms with Gasteiger partial charge in [0, 0.05) is 35.4 Å². The molecule has 5 heteroatoms. The van der Waals surface area contributed by atoms with Gasteiger partial charge in [0.2, 0.25) is 5.91 Å². The maximum Gasteiger partial charge on any atom is 0.227 e. The van der Waals surface area contributed by atoms with Crippen molar-refractivity contribution >= 4 is 28.6 Å². The molecular weight excluding hydrogens is 270 g/mol. The molecule has 1 aliphatic heterocycles. The lowest BCUT2D eigenvalue weighted by Crippen LogP contribution is -2.23. The van der Waals surface area contributed by atoms with Crippen LogP contribution in [0.1, 0.15) is 22.7 Å². The zero-order valence-electron chi connectivity index (χ0n) is 11.4. The molecule has 3 rings (SSSR count). The fraction of sp³-hybridized carbons (Fsp3) is 0.333. The van der Waals surface area contributed by atoms with E-state index in [9.17, 15) is 4.79 Å². The van der Waals surface area contributed by atoms with Crippen LogP contribution in [-0.2, 0) is 11.3 Å². The van der Waals surface area contributed by atoms with E-state index in [-0.39, 0.29) is 5.91 Å². The van der Waals surface area contributed by atoms with Crippen molar-refractivity contribution in [2.24, 2.45) is 0 Å². The van der Waals surface area contributed by atoms with E-state index in [0.717, 1.165) is 35.9 Å². The largest absolute Gasteiger partial charge is 0.380 e. The van der Waals surface area contributed by atoms with Crippen molar-refractivity contribution in [3.8, 4) is 0 Å². The number of nitrogens with one attached hydrogen (secondary N) is 1. The molecule has 1 aromatic carbocycles. The molecule has 1 amide bonds. The first kappa shape index (κ1) is 13.1. The number of carbonyl (C=O) groups is 1. The Morgan fingerprint density at radius 3 is 3.05 bits per heavy atom. The summed E-state index contributed by atoms with van der Waals surface area (Å²) in [5.74, 6) is 0.222. The molecule has 4 nitrogen and oxygen atoms in total. The minimum Gasteiger partial charge on any atom is -0.380 e. The number of aromatic nitrogens is 1. The third kappa shape index (κ3) is 2.82. The maximum atomic E-state index is 11.8. The molecule has 2 heterocycles. The Balaban J connectivity index is 1.69. The highest BCUT2D eigenvalue weighted by molar-refractivity contribution is 7.11. The lowest BCUT2D eigenvalue weighted by atomic mass is 10.2. The van der Waals surface area contributed by atoms with Crippen molar-refractivity contribution in [3.63, 3.8) is 0 Å². The molecule has 1 fully saturated rings.